The zero-order valence-corrected chi connectivity index (χ0v) is 81.5. The van der Waals surface area contributed by atoms with E-state index in [9.17, 15) is 58.2 Å². The lowest BCUT2D eigenvalue weighted by Gasteiger charge is -2.42. The number of hydrogen-bond acceptors (Lipinski definition) is 21. The molecule has 2 N–H and O–H groups in total. The van der Waals surface area contributed by atoms with E-state index in [2.05, 4.69) is 0 Å². The van der Waals surface area contributed by atoms with E-state index in [0.717, 1.165) is 20.9 Å². The van der Waals surface area contributed by atoms with E-state index >= 15 is 17.6 Å². The third-order valence-corrected chi connectivity index (χ3v) is 29.3. The molecule has 0 radical (unpaired) electrons. The molecule has 0 aromatic rings. The van der Waals surface area contributed by atoms with E-state index in [1.54, 1.807) is 48.8 Å². The minimum atomic E-state index is -2.94. The Morgan fingerprint density at radius 1 is 0.469 bits per heavy atom. The molecule has 8 rings (SSSR count). The Hall–Kier alpha value is -6.82. The van der Waals surface area contributed by atoms with Crippen LogP contribution in [0.5, 0.6) is 0 Å². The number of halogens is 4. The number of fused-ring (bicyclic) bond motifs is 6. The standard InChI is InChI=1S/C52H79F2NO10.C51H77F2NO11/c1-31-17-13-12-14-18-36(6)51(8,9)30-39-22-20-37(7)52(54,65-39)48(59)49(60)55-24-16-15-19-40(55)50(61)64-43(33(3)27-38-21-23-41(56)44(28-38)62-10)29-42(57)32(2)26-34(4)45(53)47(63-11)46(58)35(5)25-31;1-30-16-12-11-13-17-31(2)42(61-8)28-38-21-19-36(7)51(53,65-38)48(58)49(59)54-23-15-14-18-39(54)50(60)64-43(33(4)26-37-20-22-40(55)44(27-37)62-9)29-41(56)32(3)25-34(5)45(52)47(63-10)46(57)35(6)24-30/h12-14,17-18,26,31-33,35,37-41,43-45,47,56H,15-16,19-25,27-30H2,1-11H3;11-13,16-17,25,30,32-33,35-40,42-45,47,55H,14-15,18-24,26-29H2,1-10H3/b14-12+,17-13+,34-26+,36-18+;13-11+,16-12+,31-17+,34-25+/t31-,32-,33-,35-,37-,38?,39+,40+,41-,43?,44-,45?,47-,52?;30-,32-,33-,35-,36-,37?,38+,39+,40+,42+,43?,44-,45?,47-,51?/m11/s1. The molecule has 2 amide bonds. The maximum absolute atomic E-state index is 17.1. The molecule has 6 heterocycles. The molecule has 4 saturated heterocycles. The third-order valence-electron chi connectivity index (χ3n) is 29.3. The molecular weight excluding hydrogens is 1680 g/mol. The zero-order chi connectivity index (χ0) is 96.6. The quantitative estimate of drug-likeness (QED) is 0.0840. The number of carbonyl (C=O) groups excluding carboxylic acids is 10. The van der Waals surface area contributed by atoms with Crippen molar-refractivity contribution < 1.29 is 118 Å². The molecule has 2 saturated carbocycles. The number of ketones is 6. The van der Waals surface area contributed by atoms with Crippen molar-refractivity contribution in [3.05, 3.63) is 95.2 Å². The molecule has 6 aliphatic heterocycles. The van der Waals surface area contributed by atoms with Gasteiger partial charge >= 0.3 is 11.9 Å². The fraction of sp³-hybridized carbons (Fsp3) is 0.748. The SMILES string of the molecule is CO[C@H]1C(=O)[C@H](C)C[C@H](C)/C=C/C=C/C=C(\C)C(C)(C)C[C@@H]2CC[C@@H](C)C(F)(O2)C(=O)C(=O)N2CCCC[C@H]2C(=O)OC([C@H](C)CC2CC[C@@H](O)[C@H](OC)C2)CC(=O)[C@H](C)/C=C(\C)C1F.CO[C@H]1C[C@@H]2CC[C@@H](C)C(F)(O2)C(=O)C(=O)N2CCCC[C@H]2C(=O)OC([C@H](C)CC2CC[C@H](O)[C@H](OC)C2)CC(=O)[C@H](C)/C=C(\C)C(F)[C@@H](OC)C(=O)[C@H](C)C[C@H](C)/C=C/C=C/C=C/1C. The first-order chi connectivity index (χ1) is 61.3. The van der Waals surface area contributed by atoms with Gasteiger partial charge in [0.1, 0.15) is 35.9 Å². The number of allylic oxidation sites excluding steroid dienone is 13. The Morgan fingerprint density at radius 2 is 0.869 bits per heavy atom. The van der Waals surface area contributed by atoms with Gasteiger partial charge in [0.05, 0.1) is 42.7 Å². The maximum atomic E-state index is 17.1. The van der Waals surface area contributed by atoms with Crippen molar-refractivity contribution in [2.45, 2.75) is 368 Å². The number of aliphatic hydroxyl groups is 2. The topological polar surface area (TPSA) is 301 Å². The number of nitrogens with zero attached hydrogens (tertiary/aromatic N) is 2. The van der Waals surface area contributed by atoms with Gasteiger partial charge < -0.3 is 62.6 Å². The molecule has 4 bridgehead atoms. The number of esters is 2. The minimum absolute atomic E-state index is 0.0151. The van der Waals surface area contributed by atoms with Crippen LogP contribution in [0.1, 0.15) is 265 Å². The van der Waals surface area contributed by atoms with Crippen LogP contribution in [0.2, 0.25) is 0 Å². The Kier molecular flexibility index (Phi) is 43.4. The van der Waals surface area contributed by atoms with Crippen LogP contribution in [-0.2, 0) is 90.6 Å². The zero-order valence-electron chi connectivity index (χ0n) is 81.5. The summed E-state index contributed by atoms with van der Waals surface area (Å²) in [6, 6.07) is -2.41. The first-order valence-electron chi connectivity index (χ1n) is 48.0. The summed E-state index contributed by atoms with van der Waals surface area (Å²) in [6.45, 7) is 28.5. The number of hydrogen-bond donors (Lipinski definition) is 2. The van der Waals surface area contributed by atoms with Crippen molar-refractivity contribution in [1.82, 2.24) is 9.80 Å². The van der Waals surface area contributed by atoms with E-state index in [-0.39, 0.29) is 134 Å². The number of aliphatic hydroxyl groups excluding tert-OH is 2. The number of piperidine rings is 2. The van der Waals surface area contributed by atoms with Crippen molar-refractivity contribution in [2.24, 2.45) is 76.4 Å². The average Bonchev–Trinajstić information content (AvgIpc) is 0.741. The second kappa shape index (κ2) is 51.2. The highest BCUT2D eigenvalue weighted by atomic mass is 19.2. The van der Waals surface area contributed by atoms with E-state index < -0.39 is 167 Å². The summed E-state index contributed by atoms with van der Waals surface area (Å²) in [4.78, 5) is 143. The number of carbonyl (C=O) groups is 10. The molecule has 6 fully saturated rings. The highest BCUT2D eigenvalue weighted by Gasteiger charge is 2.57. The van der Waals surface area contributed by atoms with Crippen LogP contribution >= 0.6 is 0 Å². The second-order valence-corrected chi connectivity index (χ2v) is 40.1. The summed E-state index contributed by atoms with van der Waals surface area (Å²) in [6.07, 6.45) is 19.4. The molecule has 732 valence electrons. The number of rotatable bonds is 11. The monoisotopic (exact) mass is 1830 g/mol. The number of methoxy groups -OCH3 is 5. The highest BCUT2D eigenvalue weighted by molar-refractivity contribution is 6.39. The number of alkyl halides is 4. The Balaban J connectivity index is 0.000000356. The molecule has 23 nitrogen and oxygen atoms in total. The van der Waals surface area contributed by atoms with Gasteiger partial charge in [-0.3, -0.25) is 38.4 Å². The van der Waals surface area contributed by atoms with Crippen molar-refractivity contribution in [3.8, 4) is 0 Å². The van der Waals surface area contributed by atoms with E-state index in [1.807, 2.05) is 116 Å². The summed E-state index contributed by atoms with van der Waals surface area (Å²) in [5, 5.41) is 20.9. The number of ether oxygens (including phenoxy) is 9. The predicted octanol–water partition coefficient (Wildman–Crippen LogP) is 17.3. The summed E-state index contributed by atoms with van der Waals surface area (Å²) >= 11 is 0. The third kappa shape index (κ3) is 29.8. The van der Waals surface area contributed by atoms with Gasteiger partial charge in [-0.25, -0.2) is 27.2 Å². The van der Waals surface area contributed by atoms with Gasteiger partial charge in [-0.15, -0.1) is 0 Å². The fourth-order valence-electron chi connectivity index (χ4n) is 20.2. The Bertz CT molecular complexity index is 4060. The molecule has 8 aliphatic rings. The summed E-state index contributed by atoms with van der Waals surface area (Å²) in [5.74, 6) is -19.1. The molecule has 8 unspecified atom stereocenters. The van der Waals surface area contributed by atoms with Gasteiger partial charge in [-0.1, -0.05) is 162 Å². The average molecular weight is 1830 g/mol. The summed E-state index contributed by atoms with van der Waals surface area (Å²) in [5.41, 5.74) is 1.68. The van der Waals surface area contributed by atoms with Gasteiger partial charge in [0.25, 0.3) is 35.1 Å². The summed E-state index contributed by atoms with van der Waals surface area (Å²) < 4.78 is 119. The number of amides is 2. The minimum Gasteiger partial charge on any atom is -0.460 e. The van der Waals surface area contributed by atoms with Crippen molar-refractivity contribution in [2.75, 3.05) is 48.6 Å². The smallest absolute Gasteiger partial charge is 0.329 e. The Morgan fingerprint density at radius 3 is 1.27 bits per heavy atom. The largest absolute Gasteiger partial charge is 0.460 e. The highest BCUT2D eigenvalue weighted by Crippen LogP contribution is 2.45. The van der Waals surface area contributed by atoms with Gasteiger partial charge in [0, 0.05) is 103 Å². The number of cyclic esters (lactones) is 2. The normalized spacial score (nSPS) is 40.3. The van der Waals surface area contributed by atoms with Crippen LogP contribution in [0.3, 0.4) is 0 Å². The molecule has 2 aliphatic carbocycles. The lowest BCUT2D eigenvalue weighted by molar-refractivity contribution is -0.231. The second-order valence-electron chi connectivity index (χ2n) is 40.1. The van der Waals surface area contributed by atoms with E-state index in [4.69, 9.17) is 42.6 Å². The van der Waals surface area contributed by atoms with Crippen LogP contribution in [-0.4, -0.2) is 230 Å². The molecule has 130 heavy (non-hydrogen) atoms. The lowest BCUT2D eigenvalue weighted by Crippen LogP contribution is -2.59. The van der Waals surface area contributed by atoms with Crippen LogP contribution in [0.15, 0.2) is 95.2 Å². The molecule has 27 heteroatoms. The molecule has 0 aromatic carbocycles. The summed E-state index contributed by atoms with van der Waals surface area (Å²) in [7, 11) is 7.23. The fourth-order valence-corrected chi connectivity index (χ4v) is 20.2. The van der Waals surface area contributed by atoms with Crippen LogP contribution in [0.25, 0.3) is 0 Å². The Labute approximate surface area is 771 Å². The van der Waals surface area contributed by atoms with E-state index in [1.165, 1.54) is 54.3 Å². The van der Waals surface area contributed by atoms with Gasteiger partial charge in [0.2, 0.25) is 0 Å². The van der Waals surface area contributed by atoms with Gasteiger partial charge in [0.15, 0.2) is 36.1 Å². The molecule has 0 aromatic heterocycles. The van der Waals surface area contributed by atoms with Crippen LogP contribution in [0.4, 0.5) is 17.6 Å². The van der Waals surface area contributed by atoms with Gasteiger partial charge in [-0.2, -0.15) is 0 Å². The van der Waals surface area contributed by atoms with Gasteiger partial charge in [-0.05, 0) is 220 Å². The first-order valence-corrected chi connectivity index (χ1v) is 48.0. The number of Topliss-reactive ketones (excluding diaryl/α,β-unsaturated/α-hetero) is 6. The van der Waals surface area contributed by atoms with Crippen LogP contribution < -0.4 is 0 Å². The molecule has 29 atom stereocenters. The molecular formula is C103H156F4N2O21. The molecule has 0 spiro atoms. The van der Waals surface area contributed by atoms with Crippen molar-refractivity contribution in [3.63, 3.8) is 0 Å². The maximum Gasteiger partial charge on any atom is 0.329 e. The van der Waals surface area contributed by atoms with Crippen LogP contribution in [0, 0.1) is 76.4 Å². The van der Waals surface area contributed by atoms with Crippen molar-refractivity contribution >= 4 is 58.5 Å². The predicted molar refractivity (Wildman–Crippen MR) is 489 cm³/mol. The first kappa shape index (κ1) is 110. The van der Waals surface area contributed by atoms with E-state index in [0.29, 0.717) is 116 Å². The van der Waals surface area contributed by atoms with Crippen molar-refractivity contribution in [1.29, 1.82) is 0 Å². The lowest BCUT2D eigenvalue weighted by atomic mass is 9.77.